The number of pyridine rings is 1. The SMILES string of the molecule is CCC1CN(C(=O)c2ccc(CN)cn2)CCN1C. The third-order valence-electron chi connectivity index (χ3n) is 3.82. The Morgan fingerprint density at radius 2 is 2.26 bits per heavy atom. The molecule has 0 aromatic carbocycles. The number of amides is 1. The molecule has 2 heterocycles. The summed E-state index contributed by atoms with van der Waals surface area (Å²) in [7, 11) is 2.12. The molecule has 0 saturated carbocycles. The quantitative estimate of drug-likeness (QED) is 0.871. The van der Waals surface area contributed by atoms with Gasteiger partial charge in [0.1, 0.15) is 5.69 Å². The van der Waals surface area contributed by atoms with Crippen molar-refractivity contribution in [2.75, 3.05) is 26.7 Å². The van der Waals surface area contributed by atoms with Gasteiger partial charge < -0.3 is 10.6 Å². The zero-order valence-corrected chi connectivity index (χ0v) is 11.7. The first-order valence-corrected chi connectivity index (χ1v) is 6.80. The Morgan fingerprint density at radius 1 is 1.47 bits per heavy atom. The molecule has 0 bridgehead atoms. The molecule has 1 atom stereocenters. The highest BCUT2D eigenvalue weighted by Gasteiger charge is 2.27. The third kappa shape index (κ3) is 3.11. The van der Waals surface area contributed by atoms with E-state index < -0.39 is 0 Å². The van der Waals surface area contributed by atoms with Crippen molar-refractivity contribution in [3.63, 3.8) is 0 Å². The van der Waals surface area contributed by atoms with Crippen LogP contribution in [-0.2, 0) is 6.54 Å². The Kier molecular flexibility index (Phi) is 4.50. The zero-order valence-electron chi connectivity index (χ0n) is 11.7. The summed E-state index contributed by atoms with van der Waals surface area (Å²) in [5, 5.41) is 0. The van der Waals surface area contributed by atoms with E-state index in [-0.39, 0.29) is 5.91 Å². The molecule has 1 unspecified atom stereocenters. The lowest BCUT2D eigenvalue weighted by Gasteiger charge is -2.38. The van der Waals surface area contributed by atoms with Crippen LogP contribution in [0, 0.1) is 0 Å². The van der Waals surface area contributed by atoms with Gasteiger partial charge in [-0.05, 0) is 25.1 Å². The van der Waals surface area contributed by atoms with Crippen LogP contribution in [0.25, 0.3) is 0 Å². The first kappa shape index (κ1) is 14.0. The second kappa shape index (κ2) is 6.12. The van der Waals surface area contributed by atoms with Crippen molar-refractivity contribution >= 4 is 5.91 Å². The van der Waals surface area contributed by atoms with Crippen molar-refractivity contribution in [2.45, 2.75) is 25.9 Å². The molecule has 1 amide bonds. The molecular formula is C14H22N4O. The van der Waals surface area contributed by atoms with Crippen LogP contribution in [0.3, 0.4) is 0 Å². The van der Waals surface area contributed by atoms with Crippen molar-refractivity contribution in [2.24, 2.45) is 5.73 Å². The summed E-state index contributed by atoms with van der Waals surface area (Å²) in [6, 6.07) is 4.08. The number of carbonyl (C=O) groups is 1. The lowest BCUT2D eigenvalue weighted by atomic mass is 10.1. The van der Waals surface area contributed by atoms with E-state index >= 15 is 0 Å². The Bertz CT molecular complexity index is 432. The largest absolute Gasteiger partial charge is 0.334 e. The van der Waals surface area contributed by atoms with Gasteiger partial charge in [-0.1, -0.05) is 13.0 Å². The lowest BCUT2D eigenvalue weighted by molar-refractivity contribution is 0.0536. The molecule has 2 rings (SSSR count). The van der Waals surface area contributed by atoms with Gasteiger partial charge in [-0.15, -0.1) is 0 Å². The van der Waals surface area contributed by atoms with Gasteiger partial charge in [0.15, 0.2) is 0 Å². The summed E-state index contributed by atoms with van der Waals surface area (Å²) in [6.45, 7) is 5.08. The first-order valence-electron chi connectivity index (χ1n) is 6.80. The molecule has 1 saturated heterocycles. The second-order valence-electron chi connectivity index (χ2n) is 5.05. The van der Waals surface area contributed by atoms with E-state index in [4.69, 9.17) is 5.73 Å². The van der Waals surface area contributed by atoms with Gasteiger partial charge in [0.2, 0.25) is 0 Å². The maximum absolute atomic E-state index is 12.4. The molecule has 19 heavy (non-hydrogen) atoms. The minimum absolute atomic E-state index is 0.0233. The predicted octanol–water partition coefficient (Wildman–Crippen LogP) is 0.707. The van der Waals surface area contributed by atoms with Crippen LogP contribution in [0.2, 0.25) is 0 Å². The number of nitrogens with zero attached hydrogens (tertiary/aromatic N) is 3. The lowest BCUT2D eigenvalue weighted by Crippen LogP contribution is -2.53. The summed E-state index contributed by atoms with van der Waals surface area (Å²) in [6.07, 6.45) is 2.74. The zero-order chi connectivity index (χ0) is 13.8. The molecular weight excluding hydrogens is 240 g/mol. The van der Waals surface area contributed by atoms with Crippen molar-refractivity contribution < 1.29 is 4.79 Å². The third-order valence-corrected chi connectivity index (χ3v) is 3.82. The van der Waals surface area contributed by atoms with Crippen LogP contribution in [0.5, 0.6) is 0 Å². The number of piperazine rings is 1. The summed E-state index contributed by atoms with van der Waals surface area (Å²) >= 11 is 0. The molecule has 0 aliphatic carbocycles. The first-order chi connectivity index (χ1) is 9.15. The van der Waals surface area contributed by atoms with Crippen molar-refractivity contribution in [1.82, 2.24) is 14.8 Å². The van der Waals surface area contributed by atoms with E-state index in [1.165, 1.54) is 0 Å². The standard InChI is InChI=1S/C14H22N4O/c1-3-12-10-18(7-6-17(12)2)14(19)13-5-4-11(8-15)9-16-13/h4-5,9,12H,3,6-8,10,15H2,1-2H3. The fraction of sp³-hybridized carbons (Fsp3) is 0.571. The highest BCUT2D eigenvalue weighted by atomic mass is 16.2. The van der Waals surface area contributed by atoms with Gasteiger partial charge in [0.05, 0.1) is 0 Å². The molecule has 1 fully saturated rings. The molecule has 104 valence electrons. The summed E-state index contributed by atoms with van der Waals surface area (Å²) in [4.78, 5) is 20.8. The Labute approximate surface area is 114 Å². The Morgan fingerprint density at radius 3 is 2.84 bits per heavy atom. The van der Waals surface area contributed by atoms with Crippen molar-refractivity contribution in [3.8, 4) is 0 Å². The van der Waals surface area contributed by atoms with Crippen LogP contribution in [0.1, 0.15) is 29.4 Å². The number of nitrogens with two attached hydrogens (primary N) is 1. The van der Waals surface area contributed by atoms with Crippen LogP contribution < -0.4 is 5.73 Å². The van der Waals surface area contributed by atoms with Gasteiger partial charge in [-0.2, -0.15) is 0 Å². The van der Waals surface area contributed by atoms with E-state index in [1.807, 2.05) is 11.0 Å². The molecule has 2 N–H and O–H groups in total. The monoisotopic (exact) mass is 262 g/mol. The maximum Gasteiger partial charge on any atom is 0.272 e. The summed E-state index contributed by atoms with van der Waals surface area (Å²) in [5.41, 5.74) is 6.99. The van der Waals surface area contributed by atoms with Gasteiger partial charge >= 0.3 is 0 Å². The van der Waals surface area contributed by atoms with E-state index in [0.717, 1.165) is 31.6 Å². The number of hydrogen-bond acceptors (Lipinski definition) is 4. The van der Waals surface area contributed by atoms with E-state index in [9.17, 15) is 4.79 Å². The van der Waals surface area contributed by atoms with Crippen LogP contribution in [0.4, 0.5) is 0 Å². The van der Waals surface area contributed by atoms with Crippen LogP contribution >= 0.6 is 0 Å². The van der Waals surface area contributed by atoms with Crippen LogP contribution in [-0.4, -0.2) is 53.4 Å². The number of likely N-dealkylation sites (N-methyl/N-ethyl adjacent to an activating group) is 1. The van der Waals surface area contributed by atoms with Gasteiger partial charge in [-0.25, -0.2) is 0 Å². The average Bonchev–Trinajstić information content (AvgIpc) is 2.47. The fourth-order valence-corrected chi connectivity index (χ4v) is 2.41. The van der Waals surface area contributed by atoms with Gasteiger partial charge in [0.25, 0.3) is 5.91 Å². The number of aromatic nitrogens is 1. The second-order valence-corrected chi connectivity index (χ2v) is 5.05. The van der Waals surface area contributed by atoms with E-state index in [2.05, 4.69) is 23.9 Å². The molecule has 1 aromatic rings. The number of rotatable bonds is 3. The molecule has 1 aliphatic heterocycles. The molecule has 1 aromatic heterocycles. The predicted molar refractivity (Wildman–Crippen MR) is 74.7 cm³/mol. The molecule has 0 spiro atoms. The van der Waals surface area contributed by atoms with E-state index in [1.54, 1.807) is 12.3 Å². The van der Waals surface area contributed by atoms with Crippen molar-refractivity contribution in [1.29, 1.82) is 0 Å². The van der Waals surface area contributed by atoms with Crippen molar-refractivity contribution in [3.05, 3.63) is 29.6 Å². The molecule has 5 nitrogen and oxygen atoms in total. The van der Waals surface area contributed by atoms with Gasteiger partial charge in [0, 0.05) is 38.4 Å². The molecule has 5 heteroatoms. The highest BCUT2D eigenvalue weighted by molar-refractivity contribution is 5.92. The number of carbonyl (C=O) groups excluding carboxylic acids is 1. The average molecular weight is 262 g/mol. The highest BCUT2D eigenvalue weighted by Crippen LogP contribution is 2.13. The molecule has 0 radical (unpaired) electrons. The minimum atomic E-state index is 0.0233. The minimum Gasteiger partial charge on any atom is -0.334 e. The topological polar surface area (TPSA) is 62.5 Å². The fourth-order valence-electron chi connectivity index (χ4n) is 2.41. The van der Waals surface area contributed by atoms with Gasteiger partial charge in [-0.3, -0.25) is 14.7 Å². The summed E-state index contributed by atoms with van der Waals surface area (Å²) in [5.74, 6) is 0.0233. The summed E-state index contributed by atoms with van der Waals surface area (Å²) < 4.78 is 0. The normalized spacial score (nSPS) is 20.6. The Hall–Kier alpha value is -1.46. The smallest absolute Gasteiger partial charge is 0.272 e. The van der Waals surface area contributed by atoms with E-state index in [0.29, 0.717) is 18.3 Å². The molecule has 1 aliphatic rings. The Balaban J connectivity index is 2.06. The van der Waals surface area contributed by atoms with Crippen LogP contribution in [0.15, 0.2) is 18.3 Å². The maximum atomic E-state index is 12.4. The number of hydrogen-bond donors (Lipinski definition) is 1.